The van der Waals surface area contributed by atoms with Crippen LogP contribution in [0.3, 0.4) is 0 Å². The molecule has 0 radical (unpaired) electrons. The minimum atomic E-state index is -0.209. The van der Waals surface area contributed by atoms with E-state index < -0.39 is 0 Å². The van der Waals surface area contributed by atoms with Gasteiger partial charge in [0.2, 0.25) is 0 Å². The molecule has 0 aromatic heterocycles. The Labute approximate surface area is 71.2 Å². The Bertz CT molecular complexity index is 139. The van der Waals surface area contributed by atoms with Crippen molar-refractivity contribution in [2.24, 2.45) is 0 Å². The SMILES string of the molecule is Fc1cc[c-]cc1.[CH3-].[Mg+2]. The molecule has 0 aliphatic rings. The minimum Gasteiger partial charge on any atom is -0.358 e. The molecule has 0 unspecified atom stereocenters. The average Bonchev–Trinajstić information content (AvgIpc) is 1.69. The van der Waals surface area contributed by atoms with Gasteiger partial charge in [-0.15, -0.1) is 12.1 Å². The minimum absolute atomic E-state index is 0. The van der Waals surface area contributed by atoms with Gasteiger partial charge in [0.15, 0.2) is 0 Å². The van der Waals surface area contributed by atoms with Crippen molar-refractivity contribution >= 4 is 23.1 Å². The van der Waals surface area contributed by atoms with Crippen molar-refractivity contribution in [1.29, 1.82) is 0 Å². The van der Waals surface area contributed by atoms with E-state index in [1.165, 1.54) is 24.3 Å². The monoisotopic (exact) mass is 134 g/mol. The standard InChI is InChI=1S/C6H4F.CH3.Mg/c7-6-4-2-1-3-5-6;;/h2-5H;1H3;/q2*-1;+2. The van der Waals surface area contributed by atoms with Gasteiger partial charge < -0.3 is 7.43 Å². The van der Waals surface area contributed by atoms with Crippen molar-refractivity contribution in [3.63, 3.8) is 0 Å². The van der Waals surface area contributed by atoms with E-state index >= 15 is 0 Å². The summed E-state index contributed by atoms with van der Waals surface area (Å²) in [6.45, 7) is 0. The second kappa shape index (κ2) is 6.04. The summed E-state index contributed by atoms with van der Waals surface area (Å²) in [5, 5.41) is 0. The van der Waals surface area contributed by atoms with Gasteiger partial charge in [-0.3, -0.25) is 0 Å². The first-order valence-corrected chi connectivity index (χ1v) is 2.01. The average molecular weight is 134 g/mol. The smallest absolute Gasteiger partial charge is 0.358 e. The van der Waals surface area contributed by atoms with E-state index in [1.54, 1.807) is 0 Å². The number of benzene rings is 1. The molecule has 0 heterocycles. The third kappa shape index (κ3) is 4.42. The Hall–Kier alpha value is -0.0838. The molecule has 0 saturated carbocycles. The maximum absolute atomic E-state index is 11.9. The topological polar surface area (TPSA) is 0 Å². The normalized spacial score (nSPS) is 6.78. The Morgan fingerprint density at radius 2 is 1.67 bits per heavy atom. The maximum Gasteiger partial charge on any atom is 2.00 e. The summed E-state index contributed by atoms with van der Waals surface area (Å²) in [5.41, 5.74) is 0. The van der Waals surface area contributed by atoms with Crippen molar-refractivity contribution in [3.05, 3.63) is 43.6 Å². The van der Waals surface area contributed by atoms with E-state index in [-0.39, 0.29) is 36.3 Å². The number of hydrogen-bond acceptors (Lipinski definition) is 0. The summed E-state index contributed by atoms with van der Waals surface area (Å²) in [7, 11) is 0. The molecule has 44 valence electrons. The predicted octanol–water partition coefficient (Wildman–Crippen LogP) is 1.70. The molecule has 2 heteroatoms. The van der Waals surface area contributed by atoms with Gasteiger partial charge in [-0.1, -0.05) is 0 Å². The van der Waals surface area contributed by atoms with Crippen molar-refractivity contribution in [3.8, 4) is 0 Å². The molecule has 1 rings (SSSR count). The molecular formula is C7H7FMg. The van der Waals surface area contributed by atoms with E-state index in [0.717, 1.165) is 0 Å². The van der Waals surface area contributed by atoms with Crippen LogP contribution in [0.4, 0.5) is 4.39 Å². The summed E-state index contributed by atoms with van der Waals surface area (Å²) >= 11 is 0. The Morgan fingerprint density at radius 3 is 1.89 bits per heavy atom. The number of rotatable bonds is 0. The quantitative estimate of drug-likeness (QED) is 0.374. The molecule has 0 aliphatic heterocycles. The molecule has 0 bridgehead atoms. The van der Waals surface area contributed by atoms with Crippen LogP contribution in [0.2, 0.25) is 0 Å². The van der Waals surface area contributed by atoms with Gasteiger partial charge in [-0.2, -0.15) is 18.2 Å². The number of halogens is 1. The molecule has 0 fully saturated rings. The fourth-order valence-electron chi connectivity index (χ4n) is 0.367. The van der Waals surface area contributed by atoms with Crippen LogP contribution in [0.1, 0.15) is 0 Å². The molecule has 0 saturated heterocycles. The van der Waals surface area contributed by atoms with Crippen LogP contribution in [-0.4, -0.2) is 23.1 Å². The molecule has 0 N–H and O–H groups in total. The Balaban J connectivity index is 0. The zero-order chi connectivity index (χ0) is 5.11. The van der Waals surface area contributed by atoms with Crippen molar-refractivity contribution < 1.29 is 4.39 Å². The van der Waals surface area contributed by atoms with E-state index in [1.807, 2.05) is 0 Å². The molecule has 0 spiro atoms. The van der Waals surface area contributed by atoms with Crippen LogP contribution in [0, 0.1) is 19.3 Å². The Kier molecular flexibility index (Phi) is 7.84. The molecular weight excluding hydrogens is 127 g/mol. The van der Waals surface area contributed by atoms with Crippen LogP contribution in [0.15, 0.2) is 24.3 Å². The zero-order valence-corrected chi connectivity index (χ0v) is 6.81. The van der Waals surface area contributed by atoms with E-state index in [4.69, 9.17) is 0 Å². The fourth-order valence-corrected chi connectivity index (χ4v) is 0.367. The van der Waals surface area contributed by atoms with Gasteiger partial charge in [-0.05, 0) is 0 Å². The van der Waals surface area contributed by atoms with Crippen LogP contribution in [0.25, 0.3) is 0 Å². The van der Waals surface area contributed by atoms with Crippen LogP contribution >= 0.6 is 0 Å². The van der Waals surface area contributed by atoms with Crippen molar-refractivity contribution in [1.82, 2.24) is 0 Å². The van der Waals surface area contributed by atoms with Crippen molar-refractivity contribution in [2.75, 3.05) is 0 Å². The summed E-state index contributed by atoms with van der Waals surface area (Å²) in [6.07, 6.45) is 0. The Morgan fingerprint density at radius 1 is 1.22 bits per heavy atom. The van der Waals surface area contributed by atoms with Gasteiger partial charge in [-0.25, -0.2) is 4.39 Å². The molecule has 0 aliphatic carbocycles. The maximum atomic E-state index is 11.9. The first-order valence-electron chi connectivity index (χ1n) is 2.01. The first kappa shape index (κ1) is 11.7. The number of hydrogen-bond donors (Lipinski definition) is 0. The first-order chi connectivity index (χ1) is 3.39. The van der Waals surface area contributed by atoms with E-state index in [2.05, 4.69) is 6.07 Å². The van der Waals surface area contributed by atoms with Gasteiger partial charge in [0.25, 0.3) is 0 Å². The third-order valence-electron chi connectivity index (χ3n) is 0.678. The van der Waals surface area contributed by atoms with Crippen LogP contribution < -0.4 is 0 Å². The second-order valence-corrected chi connectivity index (χ2v) is 1.22. The summed E-state index contributed by atoms with van der Waals surface area (Å²) in [4.78, 5) is 0. The summed E-state index contributed by atoms with van der Waals surface area (Å²) in [5.74, 6) is -0.209. The third-order valence-corrected chi connectivity index (χ3v) is 0.678. The zero-order valence-electron chi connectivity index (χ0n) is 5.39. The van der Waals surface area contributed by atoms with E-state index in [0.29, 0.717) is 0 Å². The summed E-state index contributed by atoms with van der Waals surface area (Å²) in [6, 6.07) is 8.49. The van der Waals surface area contributed by atoms with E-state index in [9.17, 15) is 4.39 Å². The largest absolute Gasteiger partial charge is 2.00 e. The predicted molar refractivity (Wildman–Crippen MR) is 37.4 cm³/mol. The fraction of sp³-hybridized carbons (Fsp3) is 0. The second-order valence-electron chi connectivity index (χ2n) is 1.22. The molecule has 9 heavy (non-hydrogen) atoms. The van der Waals surface area contributed by atoms with Crippen LogP contribution in [0.5, 0.6) is 0 Å². The van der Waals surface area contributed by atoms with Crippen molar-refractivity contribution in [2.45, 2.75) is 0 Å². The molecule has 1 aromatic carbocycles. The molecule has 0 atom stereocenters. The van der Waals surface area contributed by atoms with Gasteiger partial charge in [0.1, 0.15) is 0 Å². The van der Waals surface area contributed by atoms with Crippen LogP contribution in [-0.2, 0) is 0 Å². The summed E-state index contributed by atoms with van der Waals surface area (Å²) < 4.78 is 11.9. The van der Waals surface area contributed by atoms with Gasteiger partial charge in [0.05, 0.1) is 0 Å². The van der Waals surface area contributed by atoms with Gasteiger partial charge >= 0.3 is 23.1 Å². The van der Waals surface area contributed by atoms with Gasteiger partial charge in [0, 0.05) is 5.82 Å². The molecule has 1 aromatic rings. The molecule has 0 nitrogen and oxygen atoms in total. The molecule has 0 amide bonds.